The van der Waals surface area contributed by atoms with Crippen molar-refractivity contribution in [3.63, 3.8) is 0 Å². The Morgan fingerprint density at radius 1 is 1.26 bits per heavy atom. The van der Waals surface area contributed by atoms with Gasteiger partial charge in [-0.2, -0.15) is 0 Å². The van der Waals surface area contributed by atoms with Gasteiger partial charge in [0.25, 0.3) is 5.91 Å². The van der Waals surface area contributed by atoms with E-state index in [4.69, 9.17) is 16.3 Å². The molecule has 2 N–H and O–H groups in total. The fourth-order valence-electron chi connectivity index (χ4n) is 3.56. The molecule has 0 unspecified atom stereocenters. The number of halogens is 1. The minimum Gasteiger partial charge on any atom is -0.376 e. The second-order valence-electron chi connectivity index (χ2n) is 7.23. The van der Waals surface area contributed by atoms with Crippen LogP contribution in [0.1, 0.15) is 49.4 Å². The van der Waals surface area contributed by atoms with Crippen molar-refractivity contribution in [3.05, 3.63) is 23.8 Å². The second kappa shape index (κ2) is 9.42. The molecule has 0 radical (unpaired) electrons. The van der Waals surface area contributed by atoms with Gasteiger partial charge in [0.1, 0.15) is 5.38 Å². The maximum Gasteiger partial charge on any atom is 0.253 e. The van der Waals surface area contributed by atoms with Crippen LogP contribution in [0.5, 0.6) is 0 Å². The summed E-state index contributed by atoms with van der Waals surface area (Å²) in [4.78, 5) is 27.1. The summed E-state index contributed by atoms with van der Waals surface area (Å²) in [5, 5.41) is 5.13. The van der Waals surface area contributed by atoms with E-state index in [1.54, 1.807) is 13.0 Å². The van der Waals surface area contributed by atoms with Gasteiger partial charge in [-0.05, 0) is 57.2 Å². The van der Waals surface area contributed by atoms with E-state index in [9.17, 15) is 9.59 Å². The minimum absolute atomic E-state index is 0.0902. The first-order valence-electron chi connectivity index (χ1n) is 9.78. The highest BCUT2D eigenvalue weighted by atomic mass is 35.5. The monoisotopic (exact) mass is 393 g/mol. The number of carbonyl (C=O) groups is 2. The van der Waals surface area contributed by atoms with E-state index in [1.165, 1.54) is 6.42 Å². The molecule has 2 heterocycles. The molecule has 2 saturated heterocycles. The third-order valence-corrected chi connectivity index (χ3v) is 5.28. The summed E-state index contributed by atoms with van der Waals surface area (Å²) in [6, 6.07) is 5.49. The molecule has 1 aromatic carbocycles. The molecule has 7 heteroatoms. The van der Waals surface area contributed by atoms with E-state index in [0.29, 0.717) is 17.8 Å². The number of hydrogen-bond acceptors (Lipinski definition) is 4. The highest BCUT2D eigenvalue weighted by molar-refractivity contribution is 6.32. The van der Waals surface area contributed by atoms with E-state index in [2.05, 4.69) is 15.5 Å². The van der Waals surface area contributed by atoms with Crippen LogP contribution in [0.2, 0.25) is 0 Å². The zero-order valence-corrected chi connectivity index (χ0v) is 16.6. The first-order chi connectivity index (χ1) is 13.0. The predicted molar refractivity (Wildman–Crippen MR) is 108 cm³/mol. The Bertz CT molecular complexity index is 668. The molecule has 27 heavy (non-hydrogen) atoms. The van der Waals surface area contributed by atoms with Gasteiger partial charge in [0, 0.05) is 37.6 Å². The fourth-order valence-corrected chi connectivity index (χ4v) is 3.61. The molecule has 148 valence electrons. The number of piperidine rings is 1. The lowest BCUT2D eigenvalue weighted by atomic mass is 10.1. The first-order valence-corrected chi connectivity index (χ1v) is 10.2. The van der Waals surface area contributed by atoms with Crippen molar-refractivity contribution in [1.29, 1.82) is 0 Å². The Morgan fingerprint density at radius 3 is 2.70 bits per heavy atom. The molecule has 2 fully saturated rings. The van der Waals surface area contributed by atoms with Crippen LogP contribution in [-0.4, -0.2) is 49.5 Å². The van der Waals surface area contributed by atoms with Gasteiger partial charge in [0.2, 0.25) is 5.91 Å². The topological polar surface area (TPSA) is 70.7 Å². The van der Waals surface area contributed by atoms with Gasteiger partial charge in [-0.3, -0.25) is 9.59 Å². The van der Waals surface area contributed by atoms with Crippen molar-refractivity contribution in [1.82, 2.24) is 5.32 Å². The smallest absolute Gasteiger partial charge is 0.253 e. The number of alkyl halides is 1. The molecule has 6 nitrogen and oxygen atoms in total. The van der Waals surface area contributed by atoms with Crippen molar-refractivity contribution >= 4 is 34.8 Å². The number of benzene rings is 1. The summed E-state index contributed by atoms with van der Waals surface area (Å²) < 4.78 is 5.59. The molecule has 0 spiro atoms. The minimum atomic E-state index is -0.636. The molecule has 1 aromatic rings. The van der Waals surface area contributed by atoms with Crippen LogP contribution >= 0.6 is 11.6 Å². The lowest BCUT2D eigenvalue weighted by Gasteiger charge is -2.30. The molecule has 2 atom stereocenters. The molecule has 2 amide bonds. The van der Waals surface area contributed by atoms with Gasteiger partial charge in [-0.25, -0.2) is 0 Å². The van der Waals surface area contributed by atoms with Gasteiger partial charge in [-0.1, -0.05) is 0 Å². The average Bonchev–Trinajstić information content (AvgIpc) is 3.20. The molecule has 0 aromatic heterocycles. The first kappa shape index (κ1) is 20.0. The molecular formula is C20H28ClN3O3. The summed E-state index contributed by atoms with van der Waals surface area (Å²) in [7, 11) is 0. The predicted octanol–water partition coefficient (Wildman–Crippen LogP) is 3.15. The molecular weight excluding hydrogens is 366 g/mol. The van der Waals surface area contributed by atoms with Crippen molar-refractivity contribution in [2.75, 3.05) is 36.5 Å². The van der Waals surface area contributed by atoms with E-state index >= 15 is 0 Å². The zero-order valence-electron chi connectivity index (χ0n) is 15.8. The molecule has 0 aliphatic carbocycles. The highest BCUT2D eigenvalue weighted by Gasteiger charge is 2.22. The van der Waals surface area contributed by atoms with Crippen molar-refractivity contribution in [3.8, 4) is 0 Å². The van der Waals surface area contributed by atoms with Crippen LogP contribution in [0.4, 0.5) is 11.4 Å². The normalized spacial score (nSPS) is 21.0. The number of nitrogens with one attached hydrogen (secondary N) is 2. The Kier molecular flexibility index (Phi) is 6.96. The maximum atomic E-state index is 12.9. The van der Waals surface area contributed by atoms with Crippen LogP contribution in [0.15, 0.2) is 18.2 Å². The molecule has 3 rings (SSSR count). The fraction of sp³-hybridized carbons (Fsp3) is 0.600. The van der Waals surface area contributed by atoms with Gasteiger partial charge >= 0.3 is 0 Å². The molecule has 2 aliphatic heterocycles. The number of carbonyl (C=O) groups excluding carboxylic acids is 2. The van der Waals surface area contributed by atoms with Crippen LogP contribution < -0.4 is 15.5 Å². The number of amides is 2. The molecule has 2 aliphatic rings. The second-order valence-corrected chi connectivity index (χ2v) is 7.88. The maximum absolute atomic E-state index is 12.9. The number of ether oxygens (including phenoxy) is 1. The Labute approximate surface area is 165 Å². The number of rotatable bonds is 6. The van der Waals surface area contributed by atoms with Crippen molar-refractivity contribution < 1.29 is 14.3 Å². The SMILES string of the molecule is C[C@@H](Cl)C(=O)Nc1ccc(N2CCCCC2)c(C(=O)NC[C@@H]2CCCO2)c1. The third-order valence-electron chi connectivity index (χ3n) is 5.08. The van der Waals surface area contributed by atoms with Gasteiger partial charge in [0.15, 0.2) is 0 Å². The highest BCUT2D eigenvalue weighted by Crippen LogP contribution is 2.27. The molecule has 0 bridgehead atoms. The van der Waals surface area contributed by atoms with Gasteiger partial charge in [0.05, 0.1) is 11.7 Å². The summed E-state index contributed by atoms with van der Waals surface area (Å²) >= 11 is 5.84. The zero-order chi connectivity index (χ0) is 19.2. The number of nitrogens with zero attached hydrogens (tertiary/aromatic N) is 1. The van der Waals surface area contributed by atoms with E-state index in [0.717, 1.165) is 51.1 Å². The Hall–Kier alpha value is -1.79. The number of anilines is 2. The van der Waals surface area contributed by atoms with Gasteiger partial charge in [-0.15, -0.1) is 11.6 Å². The van der Waals surface area contributed by atoms with Crippen LogP contribution in [0.3, 0.4) is 0 Å². The van der Waals surface area contributed by atoms with Crippen molar-refractivity contribution in [2.45, 2.75) is 50.5 Å². The van der Waals surface area contributed by atoms with Crippen LogP contribution in [0.25, 0.3) is 0 Å². The summed E-state index contributed by atoms with van der Waals surface area (Å²) in [6.45, 7) is 4.77. The van der Waals surface area contributed by atoms with E-state index in [-0.39, 0.29) is 17.9 Å². The van der Waals surface area contributed by atoms with E-state index < -0.39 is 5.38 Å². The Balaban J connectivity index is 1.78. The summed E-state index contributed by atoms with van der Waals surface area (Å²) in [5.41, 5.74) is 2.07. The van der Waals surface area contributed by atoms with E-state index in [1.807, 2.05) is 12.1 Å². The van der Waals surface area contributed by atoms with Crippen molar-refractivity contribution in [2.24, 2.45) is 0 Å². The van der Waals surface area contributed by atoms with Gasteiger partial charge < -0.3 is 20.3 Å². The largest absolute Gasteiger partial charge is 0.376 e. The third kappa shape index (κ3) is 5.36. The molecule has 0 saturated carbocycles. The standard InChI is InChI=1S/C20H28ClN3O3/c1-14(21)19(25)23-15-7-8-18(24-9-3-2-4-10-24)17(12-15)20(26)22-13-16-6-5-11-27-16/h7-8,12,14,16H,2-6,9-11,13H2,1H3,(H,22,26)(H,23,25)/t14-,16+/m1/s1. The summed E-state index contributed by atoms with van der Waals surface area (Å²) in [5.74, 6) is -0.422. The number of hydrogen-bond donors (Lipinski definition) is 2. The summed E-state index contributed by atoms with van der Waals surface area (Å²) in [6.07, 6.45) is 5.57. The average molecular weight is 394 g/mol. The van der Waals surface area contributed by atoms with Crippen LogP contribution in [0, 0.1) is 0 Å². The Morgan fingerprint density at radius 2 is 2.04 bits per heavy atom. The van der Waals surface area contributed by atoms with Crippen LogP contribution in [-0.2, 0) is 9.53 Å². The lowest BCUT2D eigenvalue weighted by Crippen LogP contribution is -2.35. The quantitative estimate of drug-likeness (QED) is 0.728. The lowest BCUT2D eigenvalue weighted by molar-refractivity contribution is -0.115.